The average molecular weight is 267 g/mol. The Kier molecular flexibility index (Phi) is 5.79. The number of methoxy groups -OCH3 is 1. The van der Waals surface area contributed by atoms with E-state index in [0.717, 1.165) is 0 Å². The zero-order chi connectivity index (χ0) is 14.4. The van der Waals surface area contributed by atoms with Crippen molar-refractivity contribution < 1.29 is 19.7 Å². The first-order valence-corrected chi connectivity index (χ1v) is 6.24. The van der Waals surface area contributed by atoms with Crippen molar-refractivity contribution in [3.8, 4) is 11.5 Å². The van der Waals surface area contributed by atoms with Gasteiger partial charge in [0, 0.05) is 25.3 Å². The van der Waals surface area contributed by atoms with Crippen LogP contribution in [0.1, 0.15) is 24.2 Å². The van der Waals surface area contributed by atoms with Crippen molar-refractivity contribution in [2.24, 2.45) is 0 Å². The van der Waals surface area contributed by atoms with Gasteiger partial charge in [-0.3, -0.25) is 9.69 Å². The van der Waals surface area contributed by atoms with Gasteiger partial charge < -0.3 is 14.9 Å². The third-order valence-electron chi connectivity index (χ3n) is 2.96. The van der Waals surface area contributed by atoms with Gasteiger partial charge in [-0.05, 0) is 32.0 Å². The molecule has 1 rings (SSSR count). The SMILES string of the molecule is COCCN(CC(=O)c1ccc(O)c(O)c1)C(C)C. The minimum atomic E-state index is -0.279. The largest absolute Gasteiger partial charge is 0.504 e. The van der Waals surface area contributed by atoms with Crippen molar-refractivity contribution in [3.63, 3.8) is 0 Å². The summed E-state index contributed by atoms with van der Waals surface area (Å²) in [6, 6.07) is 4.33. The van der Waals surface area contributed by atoms with Gasteiger partial charge >= 0.3 is 0 Å². The van der Waals surface area contributed by atoms with E-state index in [1.807, 2.05) is 18.7 Å². The Morgan fingerprint density at radius 2 is 2.00 bits per heavy atom. The van der Waals surface area contributed by atoms with Crippen LogP contribution in [0, 0.1) is 0 Å². The maximum absolute atomic E-state index is 12.1. The highest BCUT2D eigenvalue weighted by molar-refractivity contribution is 5.98. The first-order valence-electron chi connectivity index (χ1n) is 6.24. The quantitative estimate of drug-likeness (QED) is 0.580. The molecular formula is C14H21NO4. The van der Waals surface area contributed by atoms with Gasteiger partial charge in [0.05, 0.1) is 13.2 Å². The summed E-state index contributed by atoms with van der Waals surface area (Å²) in [5, 5.41) is 18.6. The Morgan fingerprint density at radius 3 is 2.53 bits per heavy atom. The molecule has 0 heterocycles. The first-order chi connectivity index (χ1) is 8.95. The van der Waals surface area contributed by atoms with Crippen LogP contribution in [-0.2, 0) is 4.74 Å². The van der Waals surface area contributed by atoms with Crippen LogP contribution in [0.4, 0.5) is 0 Å². The van der Waals surface area contributed by atoms with Gasteiger partial charge in [0.2, 0.25) is 0 Å². The van der Waals surface area contributed by atoms with Crippen LogP contribution in [0.15, 0.2) is 18.2 Å². The molecule has 0 saturated carbocycles. The summed E-state index contributed by atoms with van der Waals surface area (Å²) in [6.07, 6.45) is 0. The highest BCUT2D eigenvalue weighted by atomic mass is 16.5. The standard InChI is InChI=1S/C14H21NO4/c1-10(2)15(6-7-19-3)9-14(18)11-4-5-12(16)13(17)8-11/h4-5,8,10,16-17H,6-7,9H2,1-3H3. The van der Waals surface area contributed by atoms with Gasteiger partial charge in [-0.15, -0.1) is 0 Å². The van der Waals surface area contributed by atoms with Crippen LogP contribution in [0.3, 0.4) is 0 Å². The van der Waals surface area contributed by atoms with Crippen LogP contribution in [-0.4, -0.2) is 53.7 Å². The van der Waals surface area contributed by atoms with Crippen LogP contribution in [0.5, 0.6) is 11.5 Å². The monoisotopic (exact) mass is 267 g/mol. The van der Waals surface area contributed by atoms with Gasteiger partial charge in [-0.1, -0.05) is 0 Å². The number of hydrogen-bond donors (Lipinski definition) is 2. The molecule has 0 fully saturated rings. The molecule has 2 N–H and O–H groups in total. The predicted molar refractivity (Wildman–Crippen MR) is 72.7 cm³/mol. The van der Waals surface area contributed by atoms with Crippen LogP contribution >= 0.6 is 0 Å². The smallest absolute Gasteiger partial charge is 0.176 e. The fraction of sp³-hybridized carbons (Fsp3) is 0.500. The van der Waals surface area contributed by atoms with E-state index < -0.39 is 0 Å². The zero-order valence-electron chi connectivity index (χ0n) is 11.6. The summed E-state index contributed by atoms with van der Waals surface area (Å²) < 4.78 is 5.02. The lowest BCUT2D eigenvalue weighted by Gasteiger charge is -2.25. The maximum atomic E-state index is 12.1. The molecule has 0 aliphatic rings. The van der Waals surface area contributed by atoms with E-state index in [9.17, 15) is 15.0 Å². The number of carbonyl (C=O) groups excluding carboxylic acids is 1. The van der Waals surface area contributed by atoms with E-state index >= 15 is 0 Å². The van der Waals surface area contributed by atoms with E-state index in [1.165, 1.54) is 18.2 Å². The van der Waals surface area contributed by atoms with Crippen LogP contribution in [0.25, 0.3) is 0 Å². The van der Waals surface area contributed by atoms with Crippen molar-refractivity contribution in [2.45, 2.75) is 19.9 Å². The minimum Gasteiger partial charge on any atom is -0.504 e. The molecule has 0 saturated heterocycles. The zero-order valence-corrected chi connectivity index (χ0v) is 11.6. The Hall–Kier alpha value is -1.59. The number of benzene rings is 1. The van der Waals surface area contributed by atoms with E-state index in [-0.39, 0.29) is 29.9 Å². The molecule has 106 valence electrons. The second-order valence-corrected chi connectivity index (χ2v) is 4.68. The fourth-order valence-corrected chi connectivity index (χ4v) is 1.70. The molecular weight excluding hydrogens is 246 g/mol. The minimum absolute atomic E-state index is 0.0971. The molecule has 0 aromatic heterocycles. The number of nitrogens with zero attached hydrogens (tertiary/aromatic N) is 1. The molecule has 5 nitrogen and oxygen atoms in total. The molecule has 0 aliphatic carbocycles. The molecule has 0 unspecified atom stereocenters. The molecule has 0 amide bonds. The Labute approximate surface area is 113 Å². The first kappa shape index (κ1) is 15.5. The Balaban J connectivity index is 2.73. The maximum Gasteiger partial charge on any atom is 0.176 e. The predicted octanol–water partition coefficient (Wildman–Crippen LogP) is 1.64. The molecule has 0 spiro atoms. The summed E-state index contributed by atoms with van der Waals surface area (Å²) in [5.74, 6) is -0.601. The van der Waals surface area contributed by atoms with Crippen molar-refractivity contribution in [1.82, 2.24) is 4.90 Å². The van der Waals surface area contributed by atoms with E-state index in [4.69, 9.17) is 4.74 Å². The molecule has 0 bridgehead atoms. The van der Waals surface area contributed by atoms with Crippen LogP contribution < -0.4 is 0 Å². The van der Waals surface area contributed by atoms with E-state index in [1.54, 1.807) is 7.11 Å². The highest BCUT2D eigenvalue weighted by Crippen LogP contribution is 2.25. The number of ketones is 1. The van der Waals surface area contributed by atoms with Gasteiger partial charge in [0.15, 0.2) is 17.3 Å². The van der Waals surface area contributed by atoms with Gasteiger partial charge in [0.1, 0.15) is 0 Å². The summed E-state index contributed by atoms with van der Waals surface area (Å²) >= 11 is 0. The summed E-state index contributed by atoms with van der Waals surface area (Å²) in [7, 11) is 1.62. The third-order valence-corrected chi connectivity index (χ3v) is 2.96. The molecule has 0 atom stereocenters. The van der Waals surface area contributed by atoms with E-state index in [0.29, 0.717) is 18.7 Å². The molecule has 0 radical (unpaired) electrons. The third kappa shape index (κ3) is 4.54. The number of carbonyl (C=O) groups is 1. The summed E-state index contributed by atoms with van der Waals surface area (Å²) in [4.78, 5) is 14.1. The summed E-state index contributed by atoms with van der Waals surface area (Å²) in [6.45, 7) is 5.51. The number of phenols is 2. The number of hydrogen-bond acceptors (Lipinski definition) is 5. The average Bonchev–Trinajstić information content (AvgIpc) is 2.37. The highest BCUT2D eigenvalue weighted by Gasteiger charge is 2.16. The van der Waals surface area contributed by atoms with Crippen molar-refractivity contribution in [3.05, 3.63) is 23.8 Å². The lowest BCUT2D eigenvalue weighted by Crippen LogP contribution is -2.38. The van der Waals surface area contributed by atoms with Gasteiger partial charge in [0.25, 0.3) is 0 Å². The molecule has 1 aromatic carbocycles. The number of rotatable bonds is 7. The van der Waals surface area contributed by atoms with E-state index in [2.05, 4.69) is 0 Å². The van der Waals surface area contributed by atoms with Gasteiger partial charge in [-0.2, -0.15) is 0 Å². The topological polar surface area (TPSA) is 70.0 Å². The summed E-state index contributed by atoms with van der Waals surface area (Å²) in [5.41, 5.74) is 0.387. The molecule has 5 heteroatoms. The van der Waals surface area contributed by atoms with Gasteiger partial charge in [-0.25, -0.2) is 0 Å². The molecule has 0 aliphatic heterocycles. The second kappa shape index (κ2) is 7.11. The second-order valence-electron chi connectivity index (χ2n) is 4.68. The fourth-order valence-electron chi connectivity index (χ4n) is 1.70. The number of aromatic hydroxyl groups is 2. The Morgan fingerprint density at radius 1 is 1.32 bits per heavy atom. The number of phenolic OH excluding ortho intramolecular Hbond substituents is 2. The lowest BCUT2D eigenvalue weighted by molar-refractivity contribution is 0.0851. The normalized spacial score (nSPS) is 11.2. The lowest BCUT2D eigenvalue weighted by atomic mass is 10.1. The van der Waals surface area contributed by atoms with Crippen LogP contribution in [0.2, 0.25) is 0 Å². The van der Waals surface area contributed by atoms with Crippen molar-refractivity contribution >= 4 is 5.78 Å². The number of Topliss-reactive ketones (excluding diaryl/α,β-unsaturated/α-hetero) is 1. The molecule has 1 aromatic rings. The van der Waals surface area contributed by atoms with Crippen molar-refractivity contribution in [2.75, 3.05) is 26.8 Å². The number of ether oxygens (including phenoxy) is 1. The molecule has 19 heavy (non-hydrogen) atoms. The van der Waals surface area contributed by atoms with Crippen molar-refractivity contribution in [1.29, 1.82) is 0 Å². The Bertz CT molecular complexity index is 431.